The second-order valence-corrected chi connectivity index (χ2v) is 7.22. The highest BCUT2D eigenvalue weighted by molar-refractivity contribution is 7.86. The maximum Gasteiger partial charge on any atom is 0.282 e. The van der Waals surface area contributed by atoms with Gasteiger partial charge in [-0.2, -0.15) is 17.0 Å². The van der Waals surface area contributed by atoms with E-state index < -0.39 is 10.2 Å². The monoisotopic (exact) mass is 290 g/mol. The average molecular weight is 290 g/mol. The van der Waals surface area contributed by atoms with Gasteiger partial charge >= 0.3 is 0 Å². The fraction of sp³-hybridized carbons (Fsp3) is 1.00. The van der Waals surface area contributed by atoms with Gasteiger partial charge in [-0.15, -0.1) is 0 Å². The van der Waals surface area contributed by atoms with Gasteiger partial charge in [-0.1, -0.05) is 13.3 Å². The lowest BCUT2D eigenvalue weighted by Gasteiger charge is -2.40. The summed E-state index contributed by atoms with van der Waals surface area (Å²) in [6.45, 7) is 7.01. The number of piperidine rings is 1. The quantitative estimate of drug-likeness (QED) is 0.770. The van der Waals surface area contributed by atoms with Gasteiger partial charge in [0, 0.05) is 45.3 Å². The molecule has 19 heavy (non-hydrogen) atoms. The SMILES string of the molecule is CCN1CCN(S(=O)(=O)N2CCCCC2CN)CC1. The Morgan fingerprint density at radius 3 is 2.37 bits per heavy atom. The molecule has 2 saturated heterocycles. The van der Waals surface area contributed by atoms with Crippen LogP contribution in [0.15, 0.2) is 0 Å². The van der Waals surface area contributed by atoms with E-state index in [1.54, 1.807) is 8.61 Å². The molecule has 0 aliphatic carbocycles. The molecule has 0 spiro atoms. The van der Waals surface area contributed by atoms with Crippen LogP contribution in [0.1, 0.15) is 26.2 Å². The number of hydrogen-bond donors (Lipinski definition) is 1. The number of hydrogen-bond acceptors (Lipinski definition) is 4. The van der Waals surface area contributed by atoms with E-state index in [2.05, 4.69) is 11.8 Å². The molecule has 0 radical (unpaired) electrons. The van der Waals surface area contributed by atoms with Crippen LogP contribution in [0.25, 0.3) is 0 Å². The molecule has 112 valence electrons. The van der Waals surface area contributed by atoms with Crippen LogP contribution in [0.3, 0.4) is 0 Å². The fourth-order valence-electron chi connectivity index (χ4n) is 2.94. The van der Waals surface area contributed by atoms with E-state index >= 15 is 0 Å². The van der Waals surface area contributed by atoms with Crippen molar-refractivity contribution in [1.82, 2.24) is 13.5 Å². The molecule has 0 aromatic heterocycles. The predicted octanol–water partition coefficient (Wildman–Crippen LogP) is -0.318. The lowest BCUT2D eigenvalue weighted by Crippen LogP contribution is -2.57. The van der Waals surface area contributed by atoms with Crippen LogP contribution in [-0.2, 0) is 10.2 Å². The third-order valence-electron chi connectivity index (χ3n) is 4.25. The first kappa shape index (κ1) is 15.2. The Kier molecular flexibility index (Phi) is 5.19. The van der Waals surface area contributed by atoms with Crippen LogP contribution in [0.5, 0.6) is 0 Å². The van der Waals surface area contributed by atoms with Crippen molar-refractivity contribution in [3.8, 4) is 0 Å². The van der Waals surface area contributed by atoms with E-state index in [9.17, 15) is 8.42 Å². The van der Waals surface area contributed by atoms with Crippen molar-refractivity contribution >= 4 is 10.2 Å². The minimum atomic E-state index is -3.32. The Bertz CT molecular complexity index is 379. The molecule has 2 N–H and O–H groups in total. The van der Waals surface area contributed by atoms with Crippen LogP contribution in [0, 0.1) is 0 Å². The summed E-state index contributed by atoms with van der Waals surface area (Å²) >= 11 is 0. The van der Waals surface area contributed by atoms with E-state index in [1.165, 1.54) is 0 Å². The van der Waals surface area contributed by atoms with E-state index in [0.717, 1.165) is 38.9 Å². The Hall–Kier alpha value is -0.210. The molecular formula is C12H26N4O2S. The zero-order valence-corrected chi connectivity index (χ0v) is 12.6. The van der Waals surface area contributed by atoms with E-state index in [0.29, 0.717) is 26.2 Å². The van der Waals surface area contributed by atoms with Crippen LogP contribution < -0.4 is 5.73 Å². The van der Waals surface area contributed by atoms with Crippen LogP contribution >= 0.6 is 0 Å². The van der Waals surface area contributed by atoms with Gasteiger partial charge in [-0.25, -0.2) is 0 Å². The standard InChI is InChI=1S/C12H26N4O2S/c1-2-14-7-9-15(10-8-14)19(17,18)16-6-4-3-5-12(16)11-13/h12H,2-11,13H2,1H3. The van der Waals surface area contributed by atoms with Crippen LogP contribution in [0.2, 0.25) is 0 Å². The minimum Gasteiger partial charge on any atom is -0.329 e. The summed E-state index contributed by atoms with van der Waals surface area (Å²) in [4.78, 5) is 2.28. The summed E-state index contributed by atoms with van der Waals surface area (Å²) in [5.74, 6) is 0. The Morgan fingerprint density at radius 1 is 1.11 bits per heavy atom. The smallest absolute Gasteiger partial charge is 0.282 e. The molecular weight excluding hydrogens is 264 g/mol. The summed E-state index contributed by atoms with van der Waals surface area (Å²) < 4.78 is 28.6. The van der Waals surface area contributed by atoms with Crippen molar-refractivity contribution in [2.24, 2.45) is 5.73 Å². The second kappa shape index (κ2) is 6.49. The molecule has 1 atom stereocenters. The number of nitrogens with two attached hydrogens (primary N) is 1. The van der Waals surface area contributed by atoms with Gasteiger partial charge in [-0.05, 0) is 19.4 Å². The fourth-order valence-corrected chi connectivity index (χ4v) is 4.79. The molecule has 0 amide bonds. The predicted molar refractivity (Wildman–Crippen MR) is 76.0 cm³/mol. The molecule has 7 heteroatoms. The Morgan fingerprint density at radius 2 is 1.79 bits per heavy atom. The van der Waals surface area contributed by atoms with Crippen molar-refractivity contribution in [3.63, 3.8) is 0 Å². The highest BCUT2D eigenvalue weighted by Crippen LogP contribution is 2.22. The largest absolute Gasteiger partial charge is 0.329 e. The second-order valence-electron chi connectivity index (χ2n) is 5.34. The summed E-state index contributed by atoms with van der Waals surface area (Å²) in [6.07, 6.45) is 2.92. The lowest BCUT2D eigenvalue weighted by molar-refractivity contribution is 0.176. The number of nitrogens with zero attached hydrogens (tertiary/aromatic N) is 3. The molecule has 2 rings (SSSR count). The minimum absolute atomic E-state index is 0.0112. The molecule has 2 fully saturated rings. The van der Waals surface area contributed by atoms with E-state index in [1.807, 2.05) is 0 Å². The number of piperazine rings is 1. The first-order valence-corrected chi connectivity index (χ1v) is 8.68. The Labute approximate surface area is 116 Å². The van der Waals surface area contributed by atoms with Gasteiger partial charge in [0.2, 0.25) is 0 Å². The van der Waals surface area contributed by atoms with Gasteiger partial charge in [0.1, 0.15) is 0 Å². The molecule has 0 aromatic rings. The molecule has 2 heterocycles. The van der Waals surface area contributed by atoms with Crippen molar-refractivity contribution in [1.29, 1.82) is 0 Å². The summed E-state index contributed by atoms with van der Waals surface area (Å²) in [7, 11) is -3.32. The van der Waals surface area contributed by atoms with Crippen molar-refractivity contribution in [2.75, 3.05) is 45.8 Å². The maximum atomic E-state index is 12.7. The van der Waals surface area contributed by atoms with Crippen molar-refractivity contribution < 1.29 is 8.42 Å². The topological polar surface area (TPSA) is 69.9 Å². The Balaban J connectivity index is 2.05. The molecule has 0 saturated carbocycles. The zero-order valence-electron chi connectivity index (χ0n) is 11.8. The summed E-state index contributed by atoms with van der Waals surface area (Å²) in [6, 6.07) is -0.0112. The molecule has 6 nitrogen and oxygen atoms in total. The summed E-state index contributed by atoms with van der Waals surface area (Å²) in [5, 5.41) is 0. The normalized spacial score (nSPS) is 28.6. The van der Waals surface area contributed by atoms with Crippen LogP contribution in [0.4, 0.5) is 0 Å². The van der Waals surface area contributed by atoms with Gasteiger partial charge in [0.15, 0.2) is 0 Å². The van der Waals surface area contributed by atoms with E-state index in [-0.39, 0.29) is 6.04 Å². The van der Waals surface area contributed by atoms with Crippen molar-refractivity contribution in [3.05, 3.63) is 0 Å². The van der Waals surface area contributed by atoms with E-state index in [4.69, 9.17) is 5.73 Å². The highest BCUT2D eigenvalue weighted by Gasteiger charge is 2.36. The molecule has 2 aliphatic heterocycles. The van der Waals surface area contributed by atoms with Gasteiger partial charge < -0.3 is 10.6 Å². The first-order chi connectivity index (χ1) is 9.09. The highest BCUT2D eigenvalue weighted by atomic mass is 32.2. The van der Waals surface area contributed by atoms with Gasteiger partial charge in [-0.3, -0.25) is 0 Å². The zero-order chi connectivity index (χ0) is 13.9. The third kappa shape index (κ3) is 3.28. The third-order valence-corrected chi connectivity index (χ3v) is 6.34. The van der Waals surface area contributed by atoms with Gasteiger partial charge in [0.25, 0.3) is 10.2 Å². The van der Waals surface area contributed by atoms with Gasteiger partial charge in [0.05, 0.1) is 0 Å². The molecule has 2 aliphatic rings. The molecule has 0 aromatic carbocycles. The number of likely N-dealkylation sites (N-methyl/N-ethyl adjacent to an activating group) is 1. The number of rotatable bonds is 4. The molecule has 1 unspecified atom stereocenters. The lowest BCUT2D eigenvalue weighted by atomic mass is 10.1. The summed E-state index contributed by atoms with van der Waals surface area (Å²) in [5.41, 5.74) is 5.73. The van der Waals surface area contributed by atoms with Crippen LogP contribution in [-0.4, -0.2) is 73.8 Å². The average Bonchev–Trinajstić information content (AvgIpc) is 2.47. The van der Waals surface area contributed by atoms with Crippen molar-refractivity contribution in [2.45, 2.75) is 32.2 Å². The maximum absolute atomic E-state index is 12.7. The molecule has 0 bridgehead atoms. The first-order valence-electron chi connectivity index (χ1n) is 7.29.